The molecule has 3 aromatic rings. The van der Waals surface area contributed by atoms with Gasteiger partial charge < -0.3 is 9.84 Å². The summed E-state index contributed by atoms with van der Waals surface area (Å²) in [6.45, 7) is 6.38. The minimum absolute atomic E-state index is 0.172. The summed E-state index contributed by atoms with van der Waals surface area (Å²) in [6.07, 6.45) is 4.94. The van der Waals surface area contributed by atoms with Crippen LogP contribution in [0.2, 0.25) is 0 Å². The number of hydrogen-bond acceptors (Lipinski definition) is 3. The van der Waals surface area contributed by atoms with Crippen molar-refractivity contribution < 1.29 is 9.84 Å². The van der Waals surface area contributed by atoms with Gasteiger partial charge in [-0.05, 0) is 49.1 Å². The maximum absolute atomic E-state index is 9.25. The Labute approximate surface area is 156 Å². The Hall–Kier alpha value is -2.81. The summed E-state index contributed by atoms with van der Waals surface area (Å²) in [5.74, 6) is 1.35. The highest BCUT2D eigenvalue weighted by Crippen LogP contribution is 2.26. The number of rotatable bonds is 4. The molecule has 1 aromatic heterocycles. The van der Waals surface area contributed by atoms with Crippen molar-refractivity contribution in [2.75, 3.05) is 7.11 Å². The van der Waals surface area contributed by atoms with Crippen LogP contribution in [-0.2, 0) is 6.42 Å². The van der Waals surface area contributed by atoms with E-state index in [0.717, 1.165) is 17.5 Å². The fourth-order valence-corrected chi connectivity index (χ4v) is 2.63. The van der Waals surface area contributed by atoms with Gasteiger partial charge in [-0.1, -0.05) is 56.3 Å². The molecule has 0 bridgehead atoms. The Bertz CT molecular complexity index is 869. The third-order valence-corrected chi connectivity index (χ3v) is 3.84. The molecule has 0 aliphatic heterocycles. The molecule has 26 heavy (non-hydrogen) atoms. The highest BCUT2D eigenvalue weighted by molar-refractivity contribution is 5.78. The number of phenolic OH excluding ortho intramolecular Hbond substituents is 1. The van der Waals surface area contributed by atoms with E-state index < -0.39 is 0 Å². The topological polar surface area (TPSA) is 42.4 Å². The minimum atomic E-state index is 0.172. The number of methoxy groups -OCH3 is 1. The van der Waals surface area contributed by atoms with Crippen LogP contribution in [0, 0.1) is 5.92 Å². The molecular formula is C23H27NO2. The Morgan fingerprint density at radius 3 is 2.54 bits per heavy atom. The third-order valence-electron chi connectivity index (χ3n) is 3.84. The van der Waals surface area contributed by atoms with Gasteiger partial charge in [-0.25, -0.2) is 0 Å². The van der Waals surface area contributed by atoms with Crippen molar-refractivity contribution in [2.24, 2.45) is 5.92 Å². The van der Waals surface area contributed by atoms with Crippen molar-refractivity contribution in [1.29, 1.82) is 0 Å². The number of para-hydroxylation sites is 1. The molecule has 1 heterocycles. The average Bonchev–Trinajstić information content (AvgIpc) is 2.63. The number of fused-ring (bicyclic) bond motifs is 1. The van der Waals surface area contributed by atoms with Gasteiger partial charge in [0.15, 0.2) is 11.5 Å². The monoisotopic (exact) mass is 349 g/mol. The van der Waals surface area contributed by atoms with Gasteiger partial charge >= 0.3 is 0 Å². The lowest BCUT2D eigenvalue weighted by atomic mass is 10.1. The molecular weight excluding hydrogens is 322 g/mol. The van der Waals surface area contributed by atoms with Gasteiger partial charge in [0, 0.05) is 11.1 Å². The van der Waals surface area contributed by atoms with Crippen LogP contribution in [0.4, 0.5) is 0 Å². The van der Waals surface area contributed by atoms with Crippen molar-refractivity contribution in [2.45, 2.75) is 27.2 Å². The van der Waals surface area contributed by atoms with Crippen molar-refractivity contribution in [3.63, 3.8) is 0 Å². The number of aromatic nitrogens is 1. The smallest absolute Gasteiger partial charge is 0.161 e. The molecule has 3 rings (SSSR count). The summed E-state index contributed by atoms with van der Waals surface area (Å²) in [5, 5.41) is 10.5. The van der Waals surface area contributed by atoms with Gasteiger partial charge in [-0.15, -0.1) is 0 Å². The summed E-state index contributed by atoms with van der Waals surface area (Å²) >= 11 is 0. The zero-order valence-electron chi connectivity index (χ0n) is 15.9. The van der Waals surface area contributed by atoms with E-state index in [1.165, 1.54) is 18.2 Å². The van der Waals surface area contributed by atoms with E-state index in [1.807, 2.05) is 37.3 Å². The van der Waals surface area contributed by atoms with Gasteiger partial charge in [0.05, 0.1) is 12.6 Å². The summed E-state index contributed by atoms with van der Waals surface area (Å²) in [7, 11) is 1.54. The summed E-state index contributed by atoms with van der Waals surface area (Å²) in [5.41, 5.74) is 3.32. The van der Waals surface area contributed by atoms with Crippen molar-refractivity contribution in [1.82, 2.24) is 4.98 Å². The molecule has 0 aliphatic carbocycles. The number of allylic oxidation sites excluding steroid dienone is 1. The lowest BCUT2D eigenvalue weighted by Gasteiger charge is -2.04. The number of pyridine rings is 1. The molecule has 3 heteroatoms. The summed E-state index contributed by atoms with van der Waals surface area (Å²) < 4.78 is 4.95. The molecule has 0 fully saturated rings. The molecule has 0 amide bonds. The van der Waals surface area contributed by atoms with Gasteiger partial charge in [0.2, 0.25) is 0 Å². The Kier molecular flexibility index (Phi) is 7.22. The second-order valence-corrected chi connectivity index (χ2v) is 6.52. The maximum Gasteiger partial charge on any atom is 0.161 e. The predicted octanol–water partition coefficient (Wildman–Crippen LogP) is 5.87. The largest absolute Gasteiger partial charge is 0.504 e. The Balaban J connectivity index is 0.000000190. The molecule has 0 saturated heterocycles. The maximum atomic E-state index is 9.25. The molecule has 0 radical (unpaired) electrons. The van der Waals surface area contributed by atoms with Gasteiger partial charge in [0.25, 0.3) is 0 Å². The number of nitrogens with zero attached hydrogens (tertiary/aromatic N) is 1. The molecule has 3 nitrogen and oxygen atoms in total. The fourth-order valence-electron chi connectivity index (χ4n) is 2.63. The van der Waals surface area contributed by atoms with E-state index in [4.69, 9.17) is 4.74 Å². The normalized spacial score (nSPS) is 10.8. The number of benzene rings is 2. The summed E-state index contributed by atoms with van der Waals surface area (Å²) in [4.78, 5) is 4.62. The van der Waals surface area contributed by atoms with Gasteiger partial charge in [-0.2, -0.15) is 0 Å². The zero-order chi connectivity index (χ0) is 18.9. The van der Waals surface area contributed by atoms with Crippen LogP contribution in [0.1, 0.15) is 32.0 Å². The van der Waals surface area contributed by atoms with Crippen molar-refractivity contribution in [3.8, 4) is 11.5 Å². The lowest BCUT2D eigenvalue weighted by Crippen LogP contribution is -1.96. The van der Waals surface area contributed by atoms with E-state index in [0.29, 0.717) is 11.7 Å². The first-order chi connectivity index (χ1) is 12.5. The third kappa shape index (κ3) is 5.62. The highest BCUT2D eigenvalue weighted by atomic mass is 16.5. The van der Waals surface area contributed by atoms with E-state index in [-0.39, 0.29) is 5.75 Å². The first-order valence-corrected chi connectivity index (χ1v) is 8.88. The van der Waals surface area contributed by atoms with E-state index in [9.17, 15) is 5.11 Å². The van der Waals surface area contributed by atoms with Crippen molar-refractivity contribution >= 4 is 17.0 Å². The van der Waals surface area contributed by atoms with Crippen LogP contribution in [-0.4, -0.2) is 17.2 Å². The van der Waals surface area contributed by atoms with Crippen LogP contribution in [0.5, 0.6) is 11.5 Å². The molecule has 1 N–H and O–H groups in total. The lowest BCUT2D eigenvalue weighted by molar-refractivity contribution is 0.373. The van der Waals surface area contributed by atoms with Crippen molar-refractivity contribution in [3.05, 3.63) is 71.9 Å². The molecule has 0 unspecified atom stereocenters. The number of hydrogen-bond donors (Lipinski definition) is 1. The van der Waals surface area contributed by atoms with Crippen LogP contribution in [0.25, 0.3) is 17.0 Å². The van der Waals surface area contributed by atoms with Crippen LogP contribution < -0.4 is 4.74 Å². The van der Waals surface area contributed by atoms with E-state index in [1.54, 1.807) is 12.1 Å². The Morgan fingerprint density at radius 2 is 1.85 bits per heavy atom. The van der Waals surface area contributed by atoms with Crippen LogP contribution >= 0.6 is 0 Å². The Morgan fingerprint density at radius 1 is 1.08 bits per heavy atom. The second-order valence-electron chi connectivity index (χ2n) is 6.52. The van der Waals surface area contributed by atoms with E-state index in [2.05, 4.69) is 43.1 Å². The quantitative estimate of drug-likeness (QED) is 0.641. The van der Waals surface area contributed by atoms with Gasteiger partial charge in [0.1, 0.15) is 0 Å². The molecule has 0 aliphatic rings. The number of aromatic hydroxyl groups is 1. The fraction of sp³-hybridized carbons (Fsp3) is 0.261. The van der Waals surface area contributed by atoms with Crippen LogP contribution in [0.15, 0.2) is 60.7 Å². The first kappa shape index (κ1) is 19.5. The number of phenols is 1. The standard InChI is InChI=1S/C13H15N.C10H12O2/c1-10(2)9-12-8-7-11-5-3-4-6-13(11)14-12;1-3-4-8-5-6-9(11)10(7-8)12-2/h3-8,10H,9H2,1-2H3;3-7,11H,1-2H3/b;4-3+. The number of ether oxygens (including phenoxy) is 1. The molecule has 0 spiro atoms. The molecule has 0 atom stereocenters. The highest BCUT2D eigenvalue weighted by Gasteiger charge is 2.00. The SMILES string of the molecule is C/C=C/c1ccc(O)c(OC)c1.CC(C)Cc1ccc2ccccc2n1. The van der Waals surface area contributed by atoms with Crippen LogP contribution in [0.3, 0.4) is 0 Å². The first-order valence-electron chi connectivity index (χ1n) is 8.88. The second kappa shape index (κ2) is 9.62. The average molecular weight is 349 g/mol. The minimum Gasteiger partial charge on any atom is -0.504 e. The zero-order valence-corrected chi connectivity index (χ0v) is 15.9. The predicted molar refractivity (Wildman–Crippen MR) is 110 cm³/mol. The van der Waals surface area contributed by atoms with Gasteiger partial charge in [-0.3, -0.25) is 4.98 Å². The summed E-state index contributed by atoms with van der Waals surface area (Å²) in [6, 6.07) is 17.8. The van der Waals surface area contributed by atoms with E-state index >= 15 is 0 Å². The molecule has 136 valence electrons. The molecule has 2 aromatic carbocycles. The molecule has 0 saturated carbocycles.